The molecule has 23 heavy (non-hydrogen) atoms. The quantitative estimate of drug-likeness (QED) is 0.784. The van der Waals surface area contributed by atoms with Gasteiger partial charge >= 0.3 is 6.03 Å². The zero-order chi connectivity index (χ0) is 16.7. The molecule has 1 N–H and O–H groups in total. The number of nitrogens with one attached hydrogen (secondary N) is 1. The van der Waals surface area contributed by atoms with E-state index in [1.54, 1.807) is 14.2 Å². The molecule has 1 aromatic carbocycles. The number of methoxy groups -OCH3 is 2. The van der Waals surface area contributed by atoms with Gasteiger partial charge in [0, 0.05) is 25.3 Å². The van der Waals surface area contributed by atoms with Crippen molar-refractivity contribution in [1.29, 1.82) is 0 Å². The van der Waals surface area contributed by atoms with E-state index in [9.17, 15) is 4.79 Å². The lowest BCUT2D eigenvalue weighted by Crippen LogP contribution is -2.40. The van der Waals surface area contributed by atoms with E-state index in [4.69, 9.17) is 14.2 Å². The van der Waals surface area contributed by atoms with Crippen molar-refractivity contribution in [2.75, 3.05) is 40.5 Å². The second-order valence-corrected chi connectivity index (χ2v) is 5.39. The summed E-state index contributed by atoms with van der Waals surface area (Å²) < 4.78 is 16.0. The summed E-state index contributed by atoms with van der Waals surface area (Å²) >= 11 is 0. The Morgan fingerprint density at radius 2 is 2.17 bits per heavy atom. The molecule has 0 bridgehead atoms. The van der Waals surface area contributed by atoms with Gasteiger partial charge in [-0.3, -0.25) is 0 Å². The van der Waals surface area contributed by atoms with Crippen LogP contribution in [0.15, 0.2) is 18.2 Å². The number of hydrogen-bond donors (Lipinski definition) is 1. The number of carbonyl (C=O) groups excluding carboxylic acids is 1. The Labute approximate surface area is 137 Å². The van der Waals surface area contributed by atoms with E-state index in [1.165, 1.54) is 0 Å². The van der Waals surface area contributed by atoms with Gasteiger partial charge in [0.25, 0.3) is 0 Å². The van der Waals surface area contributed by atoms with Crippen LogP contribution < -0.4 is 14.8 Å². The van der Waals surface area contributed by atoms with E-state index in [1.807, 2.05) is 30.0 Å². The topological polar surface area (TPSA) is 60.0 Å². The van der Waals surface area contributed by atoms with Crippen LogP contribution in [0.25, 0.3) is 0 Å². The van der Waals surface area contributed by atoms with Crippen LogP contribution >= 0.6 is 0 Å². The van der Waals surface area contributed by atoms with E-state index in [0.717, 1.165) is 36.4 Å². The lowest BCUT2D eigenvalue weighted by atomic mass is 10.0. The molecule has 1 aliphatic rings. The van der Waals surface area contributed by atoms with Gasteiger partial charge < -0.3 is 24.4 Å². The second kappa shape index (κ2) is 8.62. The number of likely N-dealkylation sites (tertiary alicyclic amines) is 1. The normalized spacial score (nSPS) is 17.2. The summed E-state index contributed by atoms with van der Waals surface area (Å²) in [5, 5.41) is 2.92. The fourth-order valence-electron chi connectivity index (χ4n) is 2.91. The summed E-state index contributed by atoms with van der Waals surface area (Å²) in [5.41, 5.74) is 0.990. The molecule has 0 aromatic heterocycles. The smallest absolute Gasteiger partial charge is 0.317 e. The van der Waals surface area contributed by atoms with Crippen LogP contribution in [0.2, 0.25) is 0 Å². The van der Waals surface area contributed by atoms with Crippen LogP contribution in [0.1, 0.15) is 31.4 Å². The molecule has 1 saturated heterocycles. The Bertz CT molecular complexity index is 521. The van der Waals surface area contributed by atoms with Gasteiger partial charge in [0.1, 0.15) is 11.5 Å². The highest BCUT2D eigenvalue weighted by molar-refractivity contribution is 5.75. The number of benzene rings is 1. The van der Waals surface area contributed by atoms with Gasteiger partial charge in [0.05, 0.1) is 26.9 Å². The summed E-state index contributed by atoms with van der Waals surface area (Å²) in [6.45, 7) is 4.39. The van der Waals surface area contributed by atoms with Crippen molar-refractivity contribution < 1.29 is 19.0 Å². The summed E-state index contributed by atoms with van der Waals surface area (Å²) in [7, 11) is 3.28. The van der Waals surface area contributed by atoms with E-state index >= 15 is 0 Å². The maximum absolute atomic E-state index is 12.4. The minimum absolute atomic E-state index is 0.00661. The number of urea groups is 1. The lowest BCUT2D eigenvalue weighted by Gasteiger charge is -2.27. The molecule has 2 rings (SSSR count). The van der Waals surface area contributed by atoms with Crippen molar-refractivity contribution in [3.63, 3.8) is 0 Å². The summed E-state index contributed by atoms with van der Waals surface area (Å²) in [6.07, 6.45) is 1.90. The van der Waals surface area contributed by atoms with Crippen molar-refractivity contribution in [3.05, 3.63) is 23.8 Å². The van der Waals surface area contributed by atoms with Crippen molar-refractivity contribution in [2.24, 2.45) is 0 Å². The molecule has 0 spiro atoms. The largest absolute Gasteiger partial charge is 0.497 e. The summed E-state index contributed by atoms with van der Waals surface area (Å²) in [4.78, 5) is 14.3. The van der Waals surface area contributed by atoms with Crippen molar-refractivity contribution in [3.8, 4) is 11.5 Å². The standard InChI is InChI=1S/C17H26N2O4/c1-4-23-11-9-18-17(20)19-10-5-6-15(19)14-12-13(21-2)7-8-16(14)22-3/h7-8,12,15H,4-6,9-11H2,1-3H3,(H,18,20)/t15-/m0/s1. The van der Waals surface area contributed by atoms with Crippen LogP contribution in [-0.4, -0.2) is 51.5 Å². The van der Waals surface area contributed by atoms with Gasteiger partial charge in [0.15, 0.2) is 0 Å². The Kier molecular flexibility index (Phi) is 6.52. The third-order valence-corrected chi connectivity index (χ3v) is 4.04. The molecular formula is C17H26N2O4. The SMILES string of the molecule is CCOCCNC(=O)N1CCC[C@H]1c1cc(OC)ccc1OC. The second-order valence-electron chi connectivity index (χ2n) is 5.39. The Morgan fingerprint density at radius 1 is 1.35 bits per heavy atom. The van der Waals surface area contributed by atoms with Crippen LogP contribution in [0, 0.1) is 0 Å². The highest BCUT2D eigenvalue weighted by Crippen LogP contribution is 2.38. The van der Waals surface area contributed by atoms with E-state index in [2.05, 4.69) is 5.32 Å². The fourth-order valence-corrected chi connectivity index (χ4v) is 2.91. The Balaban J connectivity index is 2.10. The third kappa shape index (κ3) is 4.28. The number of nitrogens with zero attached hydrogens (tertiary/aromatic N) is 1. The molecule has 1 fully saturated rings. The van der Waals surface area contributed by atoms with Gasteiger partial charge in [-0.05, 0) is 38.0 Å². The highest BCUT2D eigenvalue weighted by Gasteiger charge is 2.32. The minimum Gasteiger partial charge on any atom is -0.497 e. The third-order valence-electron chi connectivity index (χ3n) is 4.04. The van der Waals surface area contributed by atoms with Gasteiger partial charge in [-0.2, -0.15) is 0 Å². The van der Waals surface area contributed by atoms with Gasteiger partial charge in [-0.25, -0.2) is 4.79 Å². The average molecular weight is 322 g/mol. The van der Waals surface area contributed by atoms with Crippen LogP contribution in [0.5, 0.6) is 11.5 Å². The summed E-state index contributed by atoms with van der Waals surface area (Å²) in [5.74, 6) is 1.55. The zero-order valence-electron chi connectivity index (χ0n) is 14.1. The highest BCUT2D eigenvalue weighted by atomic mass is 16.5. The molecule has 0 saturated carbocycles. The molecule has 1 aliphatic heterocycles. The van der Waals surface area contributed by atoms with Gasteiger partial charge in [-0.1, -0.05) is 0 Å². The molecule has 0 unspecified atom stereocenters. The maximum Gasteiger partial charge on any atom is 0.317 e. The zero-order valence-corrected chi connectivity index (χ0v) is 14.1. The van der Waals surface area contributed by atoms with Gasteiger partial charge in [0.2, 0.25) is 0 Å². The van der Waals surface area contributed by atoms with E-state index < -0.39 is 0 Å². The number of carbonyl (C=O) groups is 1. The molecule has 1 heterocycles. The van der Waals surface area contributed by atoms with Crippen LogP contribution in [0.3, 0.4) is 0 Å². The maximum atomic E-state index is 12.4. The number of hydrogen-bond acceptors (Lipinski definition) is 4. The molecule has 128 valence electrons. The van der Waals surface area contributed by atoms with Crippen molar-refractivity contribution >= 4 is 6.03 Å². The first-order valence-electron chi connectivity index (χ1n) is 8.05. The van der Waals surface area contributed by atoms with Crippen molar-refractivity contribution in [1.82, 2.24) is 10.2 Å². The molecule has 6 nitrogen and oxygen atoms in total. The molecule has 1 aromatic rings. The van der Waals surface area contributed by atoms with Gasteiger partial charge in [-0.15, -0.1) is 0 Å². The molecular weight excluding hydrogens is 296 g/mol. The lowest BCUT2D eigenvalue weighted by molar-refractivity contribution is 0.144. The number of rotatable bonds is 7. The number of amides is 2. The molecule has 2 amide bonds. The molecule has 0 radical (unpaired) electrons. The Hall–Kier alpha value is -1.95. The van der Waals surface area contributed by atoms with Crippen LogP contribution in [0.4, 0.5) is 4.79 Å². The van der Waals surface area contributed by atoms with E-state index in [0.29, 0.717) is 19.8 Å². The first-order chi connectivity index (χ1) is 11.2. The number of ether oxygens (including phenoxy) is 3. The average Bonchev–Trinajstić information content (AvgIpc) is 3.07. The molecule has 0 aliphatic carbocycles. The van der Waals surface area contributed by atoms with Crippen molar-refractivity contribution in [2.45, 2.75) is 25.8 Å². The molecule has 6 heteroatoms. The predicted molar refractivity (Wildman–Crippen MR) is 88.1 cm³/mol. The summed E-state index contributed by atoms with van der Waals surface area (Å²) in [6, 6.07) is 5.65. The van der Waals surface area contributed by atoms with E-state index in [-0.39, 0.29) is 12.1 Å². The predicted octanol–water partition coefficient (Wildman–Crippen LogP) is 2.59. The van der Waals surface area contributed by atoms with Crippen LogP contribution in [-0.2, 0) is 4.74 Å². The fraction of sp³-hybridized carbons (Fsp3) is 0.588. The molecule has 1 atom stereocenters. The first kappa shape index (κ1) is 17.4. The minimum atomic E-state index is -0.0583. The first-order valence-corrected chi connectivity index (χ1v) is 8.05. The Morgan fingerprint density at radius 3 is 2.87 bits per heavy atom. The monoisotopic (exact) mass is 322 g/mol.